The van der Waals surface area contributed by atoms with Gasteiger partial charge < -0.3 is 10.1 Å². The first-order valence-electron chi connectivity index (χ1n) is 10.6. The molecule has 1 amide bonds. The molecule has 0 bridgehead atoms. The average molecular weight is 366 g/mol. The van der Waals surface area contributed by atoms with E-state index in [1.807, 2.05) is 24.3 Å². The van der Waals surface area contributed by atoms with Crippen molar-refractivity contribution in [2.24, 2.45) is 5.41 Å². The van der Waals surface area contributed by atoms with E-state index in [1.165, 1.54) is 56.8 Å². The molecule has 2 atom stereocenters. The van der Waals surface area contributed by atoms with Gasteiger partial charge in [-0.15, -0.1) is 0 Å². The van der Waals surface area contributed by atoms with Crippen LogP contribution in [0.1, 0.15) is 64.7 Å². The standard InChI is InChI=1S/C24H31NO2/c1-18-24(14-8-4-2-3-5-9-15-24)17-22(27-18)23(26)25-21-13-12-19-10-6-7-11-20(19)16-21/h6-7,10-13,16,18,22H,2-5,8-9,14-15,17H2,1H3,(H,25,26). The van der Waals surface area contributed by atoms with Gasteiger partial charge in [0.25, 0.3) is 5.91 Å². The maximum Gasteiger partial charge on any atom is 0.253 e. The number of fused-ring (bicyclic) bond motifs is 1. The highest BCUT2D eigenvalue weighted by molar-refractivity contribution is 5.97. The third-order valence-electron chi connectivity index (χ3n) is 6.73. The molecule has 4 rings (SSSR count). The fraction of sp³-hybridized carbons (Fsp3) is 0.542. The number of carbonyl (C=O) groups is 1. The molecule has 2 unspecified atom stereocenters. The summed E-state index contributed by atoms with van der Waals surface area (Å²) in [6.07, 6.45) is 11.0. The van der Waals surface area contributed by atoms with Gasteiger partial charge in [0.2, 0.25) is 0 Å². The molecule has 3 nitrogen and oxygen atoms in total. The van der Waals surface area contributed by atoms with Crippen molar-refractivity contribution >= 4 is 22.4 Å². The molecule has 0 radical (unpaired) electrons. The van der Waals surface area contributed by atoms with Crippen LogP contribution in [0.2, 0.25) is 0 Å². The van der Waals surface area contributed by atoms with Gasteiger partial charge >= 0.3 is 0 Å². The highest BCUT2D eigenvalue weighted by atomic mass is 16.5. The van der Waals surface area contributed by atoms with Crippen LogP contribution in [0.25, 0.3) is 10.8 Å². The highest BCUT2D eigenvalue weighted by Gasteiger charge is 2.47. The monoisotopic (exact) mass is 365 g/mol. The van der Waals surface area contributed by atoms with E-state index in [1.54, 1.807) is 0 Å². The van der Waals surface area contributed by atoms with Gasteiger partial charge in [-0.05, 0) is 54.5 Å². The Morgan fingerprint density at radius 3 is 2.37 bits per heavy atom. The smallest absolute Gasteiger partial charge is 0.253 e. The molecular formula is C24H31NO2. The zero-order valence-corrected chi connectivity index (χ0v) is 16.4. The summed E-state index contributed by atoms with van der Waals surface area (Å²) in [5, 5.41) is 5.42. The van der Waals surface area contributed by atoms with Gasteiger partial charge in [0, 0.05) is 5.69 Å². The SMILES string of the molecule is CC1OC(C(=O)Nc2ccc3ccccc3c2)CC12CCCCCCCC2. The van der Waals surface area contributed by atoms with Crippen LogP contribution < -0.4 is 5.32 Å². The lowest BCUT2D eigenvalue weighted by Crippen LogP contribution is -2.29. The van der Waals surface area contributed by atoms with E-state index in [0.29, 0.717) is 0 Å². The lowest BCUT2D eigenvalue weighted by Gasteiger charge is -2.32. The van der Waals surface area contributed by atoms with Crippen molar-refractivity contribution in [3.8, 4) is 0 Å². The van der Waals surface area contributed by atoms with Gasteiger partial charge in [-0.25, -0.2) is 0 Å². The summed E-state index contributed by atoms with van der Waals surface area (Å²) in [6.45, 7) is 2.18. The molecule has 2 fully saturated rings. The fourth-order valence-electron chi connectivity index (χ4n) is 5.02. The second-order valence-electron chi connectivity index (χ2n) is 8.51. The van der Waals surface area contributed by atoms with Crippen LogP contribution in [-0.4, -0.2) is 18.1 Å². The second-order valence-corrected chi connectivity index (χ2v) is 8.51. The summed E-state index contributed by atoms with van der Waals surface area (Å²) in [5.41, 5.74) is 1.04. The molecule has 144 valence electrons. The summed E-state index contributed by atoms with van der Waals surface area (Å²) in [5.74, 6) is 0.00822. The van der Waals surface area contributed by atoms with Gasteiger partial charge in [-0.2, -0.15) is 0 Å². The molecule has 1 aliphatic carbocycles. The molecule has 1 saturated heterocycles. The molecule has 3 heteroatoms. The number of ether oxygens (including phenoxy) is 1. The summed E-state index contributed by atoms with van der Waals surface area (Å²) < 4.78 is 6.20. The molecule has 2 aromatic rings. The molecule has 2 aromatic carbocycles. The Morgan fingerprint density at radius 2 is 1.63 bits per heavy atom. The van der Waals surface area contributed by atoms with Crippen LogP contribution >= 0.6 is 0 Å². The first-order valence-corrected chi connectivity index (χ1v) is 10.6. The zero-order chi connectivity index (χ0) is 18.7. The van der Waals surface area contributed by atoms with E-state index in [2.05, 4.69) is 30.4 Å². The highest BCUT2D eigenvalue weighted by Crippen LogP contribution is 2.47. The largest absolute Gasteiger partial charge is 0.365 e. The molecule has 1 N–H and O–H groups in total. The quantitative estimate of drug-likeness (QED) is 0.701. The number of hydrogen-bond donors (Lipinski definition) is 1. The topological polar surface area (TPSA) is 38.3 Å². The van der Waals surface area contributed by atoms with Crippen LogP contribution in [0.3, 0.4) is 0 Å². The van der Waals surface area contributed by atoms with Crippen molar-refractivity contribution in [1.29, 1.82) is 0 Å². The lowest BCUT2D eigenvalue weighted by atomic mass is 9.72. The minimum atomic E-state index is -0.327. The van der Waals surface area contributed by atoms with E-state index in [-0.39, 0.29) is 23.5 Å². The normalized spacial score (nSPS) is 25.7. The summed E-state index contributed by atoms with van der Waals surface area (Å²) in [4.78, 5) is 12.9. The second kappa shape index (κ2) is 8.02. The summed E-state index contributed by atoms with van der Waals surface area (Å²) in [6, 6.07) is 14.3. The van der Waals surface area contributed by atoms with E-state index in [0.717, 1.165) is 17.5 Å². The van der Waals surface area contributed by atoms with Gasteiger partial charge in [0.05, 0.1) is 6.10 Å². The van der Waals surface area contributed by atoms with E-state index >= 15 is 0 Å². The minimum Gasteiger partial charge on any atom is -0.365 e. The van der Waals surface area contributed by atoms with Crippen LogP contribution in [0, 0.1) is 5.41 Å². The molecule has 27 heavy (non-hydrogen) atoms. The number of benzene rings is 2. The average Bonchev–Trinajstić information content (AvgIpc) is 3.06. The van der Waals surface area contributed by atoms with Crippen molar-refractivity contribution in [3.63, 3.8) is 0 Å². The Balaban J connectivity index is 1.45. The number of carbonyl (C=O) groups excluding carboxylic acids is 1. The predicted molar refractivity (Wildman–Crippen MR) is 111 cm³/mol. The van der Waals surface area contributed by atoms with Gasteiger partial charge in [0.15, 0.2) is 0 Å². The van der Waals surface area contributed by atoms with E-state index in [9.17, 15) is 4.79 Å². The molecule has 1 heterocycles. The Morgan fingerprint density at radius 1 is 0.963 bits per heavy atom. The maximum atomic E-state index is 12.9. The van der Waals surface area contributed by atoms with E-state index in [4.69, 9.17) is 4.74 Å². The van der Waals surface area contributed by atoms with Crippen molar-refractivity contribution < 1.29 is 9.53 Å². The predicted octanol–water partition coefficient (Wildman–Crippen LogP) is 6.08. The Kier molecular flexibility index (Phi) is 5.49. The molecule has 1 aliphatic heterocycles. The number of rotatable bonds is 2. The minimum absolute atomic E-state index is 0.00822. The fourth-order valence-corrected chi connectivity index (χ4v) is 5.02. The maximum absolute atomic E-state index is 12.9. The van der Waals surface area contributed by atoms with Gasteiger partial charge in [-0.1, -0.05) is 68.9 Å². The Labute approximate surface area is 162 Å². The first kappa shape index (κ1) is 18.5. The van der Waals surface area contributed by atoms with Crippen LogP contribution in [0.15, 0.2) is 42.5 Å². The number of hydrogen-bond acceptors (Lipinski definition) is 2. The Hall–Kier alpha value is -1.87. The molecular weight excluding hydrogens is 334 g/mol. The van der Waals surface area contributed by atoms with Gasteiger partial charge in [0.1, 0.15) is 6.10 Å². The molecule has 2 aliphatic rings. The molecule has 1 spiro atoms. The van der Waals surface area contributed by atoms with Crippen molar-refractivity contribution in [3.05, 3.63) is 42.5 Å². The summed E-state index contributed by atoms with van der Waals surface area (Å²) in [7, 11) is 0. The third kappa shape index (κ3) is 4.03. The van der Waals surface area contributed by atoms with Crippen LogP contribution in [0.5, 0.6) is 0 Å². The van der Waals surface area contributed by atoms with Crippen LogP contribution in [-0.2, 0) is 9.53 Å². The third-order valence-corrected chi connectivity index (χ3v) is 6.73. The van der Waals surface area contributed by atoms with Crippen molar-refractivity contribution in [2.75, 3.05) is 5.32 Å². The molecule has 1 saturated carbocycles. The number of nitrogens with one attached hydrogen (secondary N) is 1. The number of amides is 1. The Bertz CT molecular complexity index is 790. The number of anilines is 1. The van der Waals surface area contributed by atoms with Crippen molar-refractivity contribution in [1.82, 2.24) is 0 Å². The van der Waals surface area contributed by atoms with Gasteiger partial charge in [-0.3, -0.25) is 4.79 Å². The summed E-state index contributed by atoms with van der Waals surface area (Å²) >= 11 is 0. The first-order chi connectivity index (χ1) is 13.2. The lowest BCUT2D eigenvalue weighted by molar-refractivity contribution is -0.126. The van der Waals surface area contributed by atoms with Crippen molar-refractivity contribution in [2.45, 2.75) is 76.9 Å². The zero-order valence-electron chi connectivity index (χ0n) is 16.4. The van der Waals surface area contributed by atoms with E-state index < -0.39 is 0 Å². The molecule has 0 aromatic heterocycles. The van der Waals surface area contributed by atoms with Crippen LogP contribution in [0.4, 0.5) is 5.69 Å².